The Morgan fingerprint density at radius 1 is 1.40 bits per heavy atom. The number of piperidine rings is 1. The molecule has 1 aromatic carbocycles. The minimum absolute atomic E-state index is 0.567. The van der Waals surface area contributed by atoms with Crippen molar-refractivity contribution in [3.05, 3.63) is 34.3 Å². The Labute approximate surface area is 98.8 Å². The third-order valence-electron chi connectivity index (χ3n) is 2.93. The molecule has 0 amide bonds. The van der Waals surface area contributed by atoms with Gasteiger partial charge in [-0.25, -0.2) is 0 Å². The van der Waals surface area contributed by atoms with E-state index in [0.717, 1.165) is 30.3 Å². The Morgan fingerprint density at radius 3 is 2.87 bits per heavy atom. The van der Waals surface area contributed by atoms with Crippen LogP contribution in [0, 0.1) is 0 Å². The van der Waals surface area contributed by atoms with E-state index in [-0.39, 0.29) is 0 Å². The van der Waals surface area contributed by atoms with Gasteiger partial charge in [0.2, 0.25) is 0 Å². The summed E-state index contributed by atoms with van der Waals surface area (Å²) in [5, 5.41) is 13.6. The van der Waals surface area contributed by atoms with E-state index in [4.69, 9.17) is 0 Å². The molecule has 1 aliphatic rings. The molecule has 2 N–H and O–H groups in total. The van der Waals surface area contributed by atoms with Crippen molar-refractivity contribution in [2.75, 3.05) is 13.1 Å². The van der Waals surface area contributed by atoms with E-state index in [2.05, 4.69) is 27.3 Å². The fourth-order valence-electron chi connectivity index (χ4n) is 2.10. The molecular weight excluding hydrogens is 254 g/mol. The van der Waals surface area contributed by atoms with Crippen LogP contribution in [0.4, 0.5) is 0 Å². The van der Waals surface area contributed by atoms with Crippen molar-refractivity contribution in [1.29, 1.82) is 0 Å². The van der Waals surface area contributed by atoms with Crippen LogP contribution in [0.5, 0.6) is 0 Å². The summed E-state index contributed by atoms with van der Waals surface area (Å²) in [6, 6.07) is 8.10. The second-order valence-corrected chi connectivity index (χ2v) is 5.13. The number of nitrogens with one attached hydrogen (secondary N) is 1. The third kappa shape index (κ3) is 2.80. The molecule has 0 bridgehead atoms. The molecule has 1 fully saturated rings. The Morgan fingerprint density at radius 2 is 2.20 bits per heavy atom. The van der Waals surface area contributed by atoms with Gasteiger partial charge in [-0.05, 0) is 31.0 Å². The normalized spacial score (nSPS) is 26.5. The van der Waals surface area contributed by atoms with Crippen molar-refractivity contribution in [3.8, 4) is 0 Å². The van der Waals surface area contributed by atoms with Crippen molar-refractivity contribution >= 4 is 15.9 Å². The summed E-state index contributed by atoms with van der Waals surface area (Å²) in [4.78, 5) is 0. The maximum Gasteiger partial charge on any atom is 0.0812 e. The summed E-state index contributed by atoms with van der Waals surface area (Å²) in [5.41, 5.74) is 0.617. The summed E-state index contributed by atoms with van der Waals surface area (Å²) >= 11 is 3.52. The Hall–Kier alpha value is -0.380. The number of halogens is 1. The quantitative estimate of drug-likeness (QED) is 0.862. The van der Waals surface area contributed by atoms with Gasteiger partial charge in [-0.1, -0.05) is 34.1 Å². The summed E-state index contributed by atoms with van der Waals surface area (Å²) in [6.07, 6.45) is 2.67. The number of hydrogen-bond donors (Lipinski definition) is 2. The van der Waals surface area contributed by atoms with E-state index in [1.165, 1.54) is 5.56 Å². The van der Waals surface area contributed by atoms with E-state index < -0.39 is 5.60 Å². The summed E-state index contributed by atoms with van der Waals surface area (Å²) < 4.78 is 1.09. The molecule has 1 aliphatic heterocycles. The van der Waals surface area contributed by atoms with Crippen LogP contribution in [0.25, 0.3) is 0 Å². The van der Waals surface area contributed by atoms with Gasteiger partial charge in [0.1, 0.15) is 0 Å². The number of hydrogen-bond acceptors (Lipinski definition) is 2. The van der Waals surface area contributed by atoms with E-state index >= 15 is 0 Å². The monoisotopic (exact) mass is 269 g/mol. The van der Waals surface area contributed by atoms with Gasteiger partial charge in [0.05, 0.1) is 5.60 Å². The summed E-state index contributed by atoms with van der Waals surface area (Å²) in [6.45, 7) is 1.73. The lowest BCUT2D eigenvalue weighted by Crippen LogP contribution is -2.47. The Bertz CT molecular complexity index is 334. The van der Waals surface area contributed by atoms with Crippen molar-refractivity contribution in [3.63, 3.8) is 0 Å². The van der Waals surface area contributed by atoms with Gasteiger partial charge in [-0.15, -0.1) is 0 Å². The van der Waals surface area contributed by atoms with Gasteiger partial charge < -0.3 is 10.4 Å². The van der Waals surface area contributed by atoms with Gasteiger partial charge in [0.15, 0.2) is 0 Å². The van der Waals surface area contributed by atoms with Crippen LogP contribution >= 0.6 is 15.9 Å². The molecule has 2 nitrogen and oxygen atoms in total. The maximum absolute atomic E-state index is 10.4. The van der Waals surface area contributed by atoms with Gasteiger partial charge in [0.25, 0.3) is 0 Å². The molecule has 2 rings (SSSR count). The first-order valence-electron chi connectivity index (χ1n) is 5.36. The lowest BCUT2D eigenvalue weighted by molar-refractivity contribution is 0.0168. The predicted molar refractivity (Wildman–Crippen MR) is 64.9 cm³/mol. The van der Waals surface area contributed by atoms with Gasteiger partial charge in [0, 0.05) is 17.4 Å². The first kappa shape index (κ1) is 11.1. The van der Waals surface area contributed by atoms with Crippen molar-refractivity contribution in [1.82, 2.24) is 5.32 Å². The Balaban J connectivity index is 2.10. The highest BCUT2D eigenvalue weighted by molar-refractivity contribution is 9.10. The average molecular weight is 270 g/mol. The van der Waals surface area contributed by atoms with Crippen LogP contribution in [0.2, 0.25) is 0 Å². The molecule has 1 saturated heterocycles. The van der Waals surface area contributed by atoms with Gasteiger partial charge in [-0.2, -0.15) is 0 Å². The molecule has 1 unspecified atom stereocenters. The molecule has 0 radical (unpaired) electrons. The van der Waals surface area contributed by atoms with Gasteiger partial charge >= 0.3 is 0 Å². The predicted octanol–water partition coefficient (Wildman–Crippen LogP) is 2.11. The largest absolute Gasteiger partial charge is 0.388 e. The molecule has 3 heteroatoms. The van der Waals surface area contributed by atoms with Gasteiger partial charge in [-0.3, -0.25) is 0 Å². The minimum Gasteiger partial charge on any atom is -0.388 e. The SMILES string of the molecule is OC1(Cc2ccccc2Br)CCCNC1. The molecule has 15 heavy (non-hydrogen) atoms. The highest BCUT2D eigenvalue weighted by Gasteiger charge is 2.29. The lowest BCUT2D eigenvalue weighted by atomic mass is 9.87. The van der Waals surface area contributed by atoms with Crippen LogP contribution in [0.15, 0.2) is 28.7 Å². The highest BCUT2D eigenvalue weighted by Crippen LogP contribution is 2.25. The van der Waals surface area contributed by atoms with E-state index in [1.807, 2.05) is 18.2 Å². The number of rotatable bonds is 2. The standard InChI is InChI=1S/C12H16BrNO/c13-11-5-2-1-4-10(11)8-12(15)6-3-7-14-9-12/h1-2,4-5,14-15H,3,6-9H2. The van der Waals surface area contributed by atoms with Crippen LogP contribution < -0.4 is 5.32 Å². The minimum atomic E-state index is -0.567. The number of β-amino-alcohol motifs (C(OH)–C–C–N with tert-alkyl or cyclic N) is 1. The first-order chi connectivity index (χ1) is 7.20. The van der Waals surface area contributed by atoms with E-state index in [9.17, 15) is 5.11 Å². The summed E-state index contributed by atoms with van der Waals surface area (Å²) in [7, 11) is 0. The molecule has 1 aromatic rings. The first-order valence-corrected chi connectivity index (χ1v) is 6.15. The van der Waals surface area contributed by atoms with Crippen LogP contribution in [-0.4, -0.2) is 23.8 Å². The highest BCUT2D eigenvalue weighted by atomic mass is 79.9. The van der Waals surface area contributed by atoms with Crippen LogP contribution in [0.1, 0.15) is 18.4 Å². The average Bonchev–Trinajstić information content (AvgIpc) is 2.22. The smallest absolute Gasteiger partial charge is 0.0812 e. The molecule has 0 spiro atoms. The van der Waals surface area contributed by atoms with Crippen molar-refractivity contribution in [2.45, 2.75) is 24.9 Å². The second-order valence-electron chi connectivity index (χ2n) is 4.27. The third-order valence-corrected chi connectivity index (χ3v) is 3.70. The van der Waals surface area contributed by atoms with Crippen LogP contribution in [-0.2, 0) is 6.42 Å². The van der Waals surface area contributed by atoms with E-state index in [1.54, 1.807) is 0 Å². The van der Waals surface area contributed by atoms with Crippen molar-refractivity contribution in [2.24, 2.45) is 0 Å². The Kier molecular flexibility index (Phi) is 3.44. The number of benzene rings is 1. The number of aliphatic hydroxyl groups is 1. The zero-order valence-electron chi connectivity index (χ0n) is 8.67. The topological polar surface area (TPSA) is 32.3 Å². The van der Waals surface area contributed by atoms with Crippen LogP contribution in [0.3, 0.4) is 0 Å². The maximum atomic E-state index is 10.4. The molecule has 82 valence electrons. The molecule has 1 heterocycles. The zero-order chi connectivity index (χ0) is 10.7. The molecule has 0 saturated carbocycles. The molecule has 1 atom stereocenters. The van der Waals surface area contributed by atoms with E-state index in [0.29, 0.717) is 6.54 Å². The van der Waals surface area contributed by atoms with Crippen molar-refractivity contribution < 1.29 is 5.11 Å². The molecular formula is C12H16BrNO. The molecule has 0 aromatic heterocycles. The second kappa shape index (κ2) is 4.64. The lowest BCUT2D eigenvalue weighted by Gasteiger charge is -2.33. The fraction of sp³-hybridized carbons (Fsp3) is 0.500. The summed E-state index contributed by atoms with van der Waals surface area (Å²) in [5.74, 6) is 0. The zero-order valence-corrected chi connectivity index (χ0v) is 10.3. The molecule has 0 aliphatic carbocycles. The fourth-order valence-corrected chi connectivity index (χ4v) is 2.52.